The fourth-order valence-corrected chi connectivity index (χ4v) is 2.39. The van der Waals surface area contributed by atoms with Crippen LogP contribution >= 0.6 is 0 Å². The number of anilines is 2. The maximum Gasteiger partial charge on any atom is 0.228 e. The highest BCUT2D eigenvalue weighted by Crippen LogP contribution is 2.27. The first-order valence-corrected chi connectivity index (χ1v) is 7.21. The number of amides is 1. The first-order valence-electron chi connectivity index (χ1n) is 7.21. The van der Waals surface area contributed by atoms with Crippen molar-refractivity contribution < 1.29 is 4.79 Å². The van der Waals surface area contributed by atoms with Crippen molar-refractivity contribution in [3.63, 3.8) is 0 Å². The molecule has 0 radical (unpaired) electrons. The van der Waals surface area contributed by atoms with E-state index in [0.29, 0.717) is 18.0 Å². The maximum absolute atomic E-state index is 12.3. The summed E-state index contributed by atoms with van der Waals surface area (Å²) in [6.45, 7) is 6.26. The topological polar surface area (TPSA) is 55.1 Å². The van der Waals surface area contributed by atoms with Crippen molar-refractivity contribution in [1.29, 1.82) is 0 Å². The van der Waals surface area contributed by atoms with Gasteiger partial charge < -0.3 is 11.1 Å². The molecule has 0 saturated heterocycles. The van der Waals surface area contributed by atoms with Gasteiger partial charge in [-0.2, -0.15) is 0 Å². The van der Waals surface area contributed by atoms with Gasteiger partial charge in [0.25, 0.3) is 0 Å². The Bertz CT molecular complexity index is 647. The minimum absolute atomic E-state index is 0.0379. The highest BCUT2D eigenvalue weighted by molar-refractivity contribution is 5.94. The van der Waals surface area contributed by atoms with Crippen molar-refractivity contribution in [3.05, 3.63) is 59.2 Å². The van der Waals surface area contributed by atoms with Gasteiger partial charge in [-0.25, -0.2) is 0 Å². The Balaban J connectivity index is 2.19. The molecule has 0 spiro atoms. The van der Waals surface area contributed by atoms with Gasteiger partial charge >= 0.3 is 0 Å². The molecule has 0 atom stereocenters. The van der Waals surface area contributed by atoms with Crippen molar-refractivity contribution in [2.24, 2.45) is 0 Å². The van der Waals surface area contributed by atoms with Gasteiger partial charge in [0.15, 0.2) is 0 Å². The smallest absolute Gasteiger partial charge is 0.228 e. The molecule has 0 saturated carbocycles. The predicted molar refractivity (Wildman–Crippen MR) is 88.5 cm³/mol. The van der Waals surface area contributed by atoms with Crippen molar-refractivity contribution in [3.8, 4) is 0 Å². The predicted octanol–water partition coefficient (Wildman–Crippen LogP) is 3.88. The SMILES string of the molecule is Cc1cccc(C(C)C)c1NC(=O)Cc1ccccc1N. The van der Waals surface area contributed by atoms with Gasteiger partial charge in [0.05, 0.1) is 6.42 Å². The summed E-state index contributed by atoms with van der Waals surface area (Å²) in [5.74, 6) is 0.325. The third-order valence-electron chi connectivity index (χ3n) is 3.60. The molecule has 0 unspecified atom stereocenters. The largest absolute Gasteiger partial charge is 0.398 e. The van der Waals surface area contributed by atoms with Crippen LogP contribution in [0.2, 0.25) is 0 Å². The lowest BCUT2D eigenvalue weighted by Crippen LogP contribution is -2.17. The quantitative estimate of drug-likeness (QED) is 0.836. The van der Waals surface area contributed by atoms with Gasteiger partial charge in [0, 0.05) is 11.4 Å². The highest BCUT2D eigenvalue weighted by Gasteiger charge is 2.13. The Morgan fingerprint density at radius 2 is 1.86 bits per heavy atom. The normalized spacial score (nSPS) is 10.7. The van der Waals surface area contributed by atoms with Crippen LogP contribution in [-0.4, -0.2) is 5.91 Å². The third kappa shape index (κ3) is 3.63. The van der Waals surface area contributed by atoms with E-state index in [1.807, 2.05) is 43.3 Å². The molecule has 3 nitrogen and oxygen atoms in total. The minimum Gasteiger partial charge on any atom is -0.398 e. The summed E-state index contributed by atoms with van der Waals surface area (Å²) in [5.41, 5.74) is 10.6. The van der Waals surface area contributed by atoms with Crippen LogP contribution in [-0.2, 0) is 11.2 Å². The van der Waals surface area contributed by atoms with Gasteiger partial charge in [-0.05, 0) is 35.6 Å². The first-order chi connectivity index (χ1) is 9.99. The summed E-state index contributed by atoms with van der Waals surface area (Å²) in [4.78, 5) is 12.3. The summed E-state index contributed by atoms with van der Waals surface area (Å²) in [6, 6.07) is 13.6. The lowest BCUT2D eigenvalue weighted by molar-refractivity contribution is -0.115. The summed E-state index contributed by atoms with van der Waals surface area (Å²) in [5, 5.41) is 3.04. The van der Waals surface area contributed by atoms with Gasteiger partial charge in [0.1, 0.15) is 0 Å². The molecule has 110 valence electrons. The molecule has 0 bridgehead atoms. The van der Waals surface area contributed by atoms with E-state index in [1.54, 1.807) is 0 Å². The second-order valence-electron chi connectivity index (χ2n) is 5.62. The van der Waals surface area contributed by atoms with E-state index in [4.69, 9.17) is 5.73 Å². The average Bonchev–Trinajstić information content (AvgIpc) is 2.43. The Morgan fingerprint density at radius 1 is 1.14 bits per heavy atom. The van der Waals surface area contributed by atoms with E-state index in [-0.39, 0.29) is 5.91 Å². The molecule has 3 N–H and O–H groups in total. The number of nitrogens with two attached hydrogens (primary N) is 1. The van der Waals surface area contributed by atoms with E-state index >= 15 is 0 Å². The van der Waals surface area contributed by atoms with Crippen molar-refractivity contribution >= 4 is 17.3 Å². The van der Waals surface area contributed by atoms with Crippen LogP contribution in [0.5, 0.6) is 0 Å². The average molecular weight is 282 g/mol. The molecule has 0 aromatic heterocycles. The zero-order valence-electron chi connectivity index (χ0n) is 12.8. The van der Waals surface area contributed by atoms with Gasteiger partial charge in [0.2, 0.25) is 5.91 Å². The van der Waals surface area contributed by atoms with Crippen molar-refractivity contribution in [1.82, 2.24) is 0 Å². The molecule has 2 rings (SSSR count). The Morgan fingerprint density at radius 3 is 2.52 bits per heavy atom. The van der Waals surface area contributed by atoms with Crippen LogP contribution in [0.3, 0.4) is 0 Å². The standard InChI is InChI=1S/C18H22N2O/c1-12(2)15-9-6-7-13(3)18(15)20-17(21)11-14-8-4-5-10-16(14)19/h4-10,12H,11,19H2,1-3H3,(H,20,21). The van der Waals surface area contributed by atoms with Crippen molar-refractivity contribution in [2.45, 2.75) is 33.1 Å². The van der Waals surface area contributed by atoms with E-state index in [1.165, 1.54) is 0 Å². The molecule has 2 aromatic rings. The lowest BCUT2D eigenvalue weighted by Gasteiger charge is -2.16. The number of benzene rings is 2. The lowest BCUT2D eigenvalue weighted by atomic mass is 9.98. The Kier molecular flexibility index (Phi) is 4.63. The number of para-hydroxylation sites is 2. The molecular formula is C18H22N2O. The van der Waals surface area contributed by atoms with E-state index in [0.717, 1.165) is 22.4 Å². The second-order valence-corrected chi connectivity index (χ2v) is 5.62. The fraction of sp³-hybridized carbons (Fsp3) is 0.278. The number of carbonyl (C=O) groups is 1. The van der Waals surface area contributed by atoms with E-state index < -0.39 is 0 Å². The molecule has 1 amide bonds. The number of carbonyl (C=O) groups excluding carboxylic acids is 1. The zero-order chi connectivity index (χ0) is 15.4. The van der Waals surface area contributed by atoms with E-state index in [2.05, 4.69) is 25.2 Å². The minimum atomic E-state index is -0.0379. The van der Waals surface area contributed by atoms with Crippen LogP contribution in [0.25, 0.3) is 0 Å². The fourth-order valence-electron chi connectivity index (χ4n) is 2.39. The van der Waals surface area contributed by atoms with Crippen LogP contribution in [0.4, 0.5) is 11.4 Å². The molecule has 2 aromatic carbocycles. The summed E-state index contributed by atoms with van der Waals surface area (Å²) < 4.78 is 0. The number of hydrogen-bond acceptors (Lipinski definition) is 2. The van der Waals surface area contributed by atoms with Gasteiger partial charge in [-0.15, -0.1) is 0 Å². The second kappa shape index (κ2) is 6.44. The summed E-state index contributed by atoms with van der Waals surface area (Å²) >= 11 is 0. The Labute approximate surface area is 126 Å². The number of nitrogen functional groups attached to an aromatic ring is 1. The number of aryl methyl sites for hydroxylation is 1. The Hall–Kier alpha value is -2.29. The van der Waals surface area contributed by atoms with Gasteiger partial charge in [-0.1, -0.05) is 50.2 Å². The number of nitrogens with one attached hydrogen (secondary N) is 1. The molecule has 0 aliphatic carbocycles. The summed E-state index contributed by atoms with van der Waals surface area (Å²) in [7, 11) is 0. The third-order valence-corrected chi connectivity index (χ3v) is 3.60. The maximum atomic E-state index is 12.3. The molecule has 0 aliphatic rings. The van der Waals surface area contributed by atoms with Crippen LogP contribution in [0, 0.1) is 6.92 Å². The summed E-state index contributed by atoms with van der Waals surface area (Å²) in [6.07, 6.45) is 0.290. The first kappa shape index (κ1) is 15.1. The van der Waals surface area contributed by atoms with Gasteiger partial charge in [-0.3, -0.25) is 4.79 Å². The monoisotopic (exact) mass is 282 g/mol. The molecule has 3 heteroatoms. The number of rotatable bonds is 4. The molecule has 0 aliphatic heterocycles. The van der Waals surface area contributed by atoms with E-state index in [9.17, 15) is 4.79 Å². The molecular weight excluding hydrogens is 260 g/mol. The molecule has 0 heterocycles. The highest BCUT2D eigenvalue weighted by atomic mass is 16.1. The molecule has 0 fully saturated rings. The van der Waals surface area contributed by atoms with Crippen molar-refractivity contribution in [2.75, 3.05) is 11.1 Å². The zero-order valence-corrected chi connectivity index (χ0v) is 12.8. The van der Waals surface area contributed by atoms with Crippen LogP contribution < -0.4 is 11.1 Å². The van der Waals surface area contributed by atoms with Crippen LogP contribution in [0.1, 0.15) is 36.5 Å². The molecule has 21 heavy (non-hydrogen) atoms. The number of hydrogen-bond donors (Lipinski definition) is 2. The van der Waals surface area contributed by atoms with Crippen LogP contribution in [0.15, 0.2) is 42.5 Å².